The molecule has 0 heterocycles. The molecule has 0 spiro atoms. The first-order valence-electron chi connectivity index (χ1n) is 7.82. The fourth-order valence-electron chi connectivity index (χ4n) is 2.12. The zero-order valence-electron chi connectivity index (χ0n) is 13.5. The molecule has 0 amide bonds. The minimum absolute atomic E-state index is 0.00676. The fourth-order valence-corrected chi connectivity index (χ4v) is 2.12. The Labute approximate surface area is 141 Å². The SMILES string of the molecule is NC(N)=[NH+]CCNCCOc1ccc(C(=O)c2ccccc2)cc1. The van der Waals surface area contributed by atoms with Crippen molar-refractivity contribution in [2.45, 2.75) is 0 Å². The van der Waals surface area contributed by atoms with Gasteiger partial charge in [0.05, 0.1) is 6.54 Å². The second kappa shape index (κ2) is 9.32. The molecule has 0 bridgehead atoms. The quantitative estimate of drug-likeness (QED) is 0.210. The number of carbonyl (C=O) groups is 1. The molecule has 0 aromatic heterocycles. The number of nitrogens with two attached hydrogens (primary N) is 2. The fraction of sp³-hybridized carbons (Fsp3) is 0.222. The second-order valence-corrected chi connectivity index (χ2v) is 5.20. The van der Waals surface area contributed by atoms with Gasteiger partial charge in [0, 0.05) is 24.2 Å². The van der Waals surface area contributed by atoms with E-state index in [9.17, 15) is 4.79 Å². The Morgan fingerprint density at radius 2 is 1.62 bits per heavy atom. The van der Waals surface area contributed by atoms with Crippen LogP contribution in [-0.2, 0) is 0 Å². The number of ketones is 1. The zero-order chi connectivity index (χ0) is 17.2. The number of ether oxygens (including phenoxy) is 1. The lowest BCUT2D eigenvalue weighted by molar-refractivity contribution is -0.456. The van der Waals surface area contributed by atoms with Gasteiger partial charge in [-0.1, -0.05) is 30.3 Å². The summed E-state index contributed by atoms with van der Waals surface area (Å²) in [5.74, 6) is 0.963. The average Bonchev–Trinajstić information content (AvgIpc) is 2.61. The summed E-state index contributed by atoms with van der Waals surface area (Å²) in [5, 5.41) is 3.20. The van der Waals surface area contributed by atoms with Gasteiger partial charge in [0.2, 0.25) is 0 Å². The van der Waals surface area contributed by atoms with E-state index in [2.05, 4.69) is 10.3 Å². The molecule has 2 rings (SSSR count). The first-order valence-corrected chi connectivity index (χ1v) is 7.82. The van der Waals surface area contributed by atoms with Crippen LogP contribution < -0.4 is 26.5 Å². The van der Waals surface area contributed by atoms with Gasteiger partial charge in [-0.2, -0.15) is 0 Å². The lowest BCUT2D eigenvalue weighted by Gasteiger charge is -2.07. The molecule has 0 unspecified atom stereocenters. The summed E-state index contributed by atoms with van der Waals surface area (Å²) in [6, 6.07) is 16.4. The number of carbonyl (C=O) groups excluding carboxylic acids is 1. The molecule has 0 aliphatic heterocycles. The van der Waals surface area contributed by atoms with Crippen LogP contribution in [0.3, 0.4) is 0 Å². The molecule has 0 atom stereocenters. The van der Waals surface area contributed by atoms with Crippen molar-refractivity contribution in [1.29, 1.82) is 0 Å². The number of hydrogen-bond acceptors (Lipinski definition) is 3. The van der Waals surface area contributed by atoms with Crippen LogP contribution in [0, 0.1) is 0 Å². The molecular formula is C18H23N4O2+. The van der Waals surface area contributed by atoms with Gasteiger partial charge < -0.3 is 10.1 Å². The van der Waals surface area contributed by atoms with Crippen LogP contribution in [0.15, 0.2) is 54.6 Å². The molecule has 2 aromatic rings. The normalized spacial score (nSPS) is 10.2. The molecule has 6 N–H and O–H groups in total. The molecule has 0 saturated heterocycles. The van der Waals surface area contributed by atoms with Gasteiger partial charge in [-0.15, -0.1) is 0 Å². The van der Waals surface area contributed by atoms with Crippen molar-refractivity contribution < 1.29 is 14.5 Å². The van der Waals surface area contributed by atoms with Crippen molar-refractivity contribution >= 4 is 11.7 Å². The third-order valence-electron chi connectivity index (χ3n) is 3.33. The van der Waals surface area contributed by atoms with Gasteiger partial charge in [0.25, 0.3) is 0 Å². The van der Waals surface area contributed by atoms with E-state index in [1.54, 1.807) is 12.1 Å². The van der Waals surface area contributed by atoms with Crippen molar-refractivity contribution in [3.05, 3.63) is 65.7 Å². The lowest BCUT2D eigenvalue weighted by atomic mass is 10.0. The summed E-state index contributed by atoms with van der Waals surface area (Å²) in [4.78, 5) is 15.1. The Morgan fingerprint density at radius 3 is 2.29 bits per heavy atom. The molecule has 126 valence electrons. The molecule has 24 heavy (non-hydrogen) atoms. The number of guanidine groups is 1. The number of rotatable bonds is 9. The molecule has 0 aliphatic carbocycles. The van der Waals surface area contributed by atoms with Crippen LogP contribution in [-0.4, -0.2) is 38.0 Å². The van der Waals surface area contributed by atoms with Crippen molar-refractivity contribution in [2.75, 3.05) is 26.2 Å². The van der Waals surface area contributed by atoms with E-state index >= 15 is 0 Å². The Balaban J connectivity index is 1.74. The minimum Gasteiger partial charge on any atom is -0.492 e. The van der Waals surface area contributed by atoms with E-state index in [1.165, 1.54) is 0 Å². The van der Waals surface area contributed by atoms with E-state index < -0.39 is 0 Å². The average molecular weight is 327 g/mol. The predicted octanol–water partition coefficient (Wildman–Crippen LogP) is -0.760. The Kier molecular flexibility index (Phi) is 6.79. The summed E-state index contributed by atoms with van der Waals surface area (Å²) in [7, 11) is 0. The summed E-state index contributed by atoms with van der Waals surface area (Å²) >= 11 is 0. The molecule has 6 nitrogen and oxygen atoms in total. The smallest absolute Gasteiger partial charge is 0.338 e. The largest absolute Gasteiger partial charge is 0.492 e. The van der Waals surface area contributed by atoms with Gasteiger partial charge >= 0.3 is 5.96 Å². The van der Waals surface area contributed by atoms with Crippen LogP contribution in [0.2, 0.25) is 0 Å². The van der Waals surface area contributed by atoms with E-state index in [4.69, 9.17) is 16.2 Å². The summed E-state index contributed by atoms with van der Waals surface area (Å²) < 4.78 is 5.63. The molecule has 6 heteroatoms. The van der Waals surface area contributed by atoms with Crippen LogP contribution in [0.5, 0.6) is 5.75 Å². The Hall–Kier alpha value is -2.86. The molecule has 0 aliphatic rings. The third kappa shape index (κ3) is 5.73. The topological polar surface area (TPSA) is 104 Å². The van der Waals surface area contributed by atoms with E-state index in [-0.39, 0.29) is 11.7 Å². The van der Waals surface area contributed by atoms with Crippen LogP contribution in [0.1, 0.15) is 15.9 Å². The van der Waals surface area contributed by atoms with E-state index in [0.29, 0.717) is 30.8 Å². The lowest BCUT2D eigenvalue weighted by Crippen LogP contribution is -2.79. The Bertz CT molecular complexity index is 665. The highest BCUT2D eigenvalue weighted by molar-refractivity contribution is 6.08. The van der Waals surface area contributed by atoms with Crippen molar-refractivity contribution in [3.8, 4) is 5.75 Å². The third-order valence-corrected chi connectivity index (χ3v) is 3.33. The predicted molar refractivity (Wildman–Crippen MR) is 93.9 cm³/mol. The summed E-state index contributed by atoms with van der Waals surface area (Å²) in [6.07, 6.45) is 0. The first kappa shape index (κ1) is 17.5. The molecule has 0 saturated carbocycles. The molecule has 0 radical (unpaired) electrons. The first-order chi connectivity index (χ1) is 11.7. The van der Waals surface area contributed by atoms with Crippen LogP contribution in [0.25, 0.3) is 0 Å². The number of hydrogen-bond donors (Lipinski definition) is 4. The van der Waals surface area contributed by atoms with E-state index in [0.717, 1.165) is 12.3 Å². The maximum atomic E-state index is 12.3. The minimum atomic E-state index is 0.00676. The van der Waals surface area contributed by atoms with Crippen molar-refractivity contribution in [1.82, 2.24) is 5.32 Å². The molecular weight excluding hydrogens is 304 g/mol. The van der Waals surface area contributed by atoms with Crippen molar-refractivity contribution in [3.63, 3.8) is 0 Å². The summed E-state index contributed by atoms with van der Waals surface area (Å²) in [5.41, 5.74) is 11.9. The maximum absolute atomic E-state index is 12.3. The van der Waals surface area contributed by atoms with Crippen LogP contribution >= 0.6 is 0 Å². The number of nitrogens with one attached hydrogen (secondary N) is 2. The van der Waals surface area contributed by atoms with Crippen LogP contribution in [0.4, 0.5) is 0 Å². The van der Waals surface area contributed by atoms with Gasteiger partial charge in [-0.3, -0.25) is 21.3 Å². The van der Waals surface area contributed by atoms with Crippen molar-refractivity contribution in [2.24, 2.45) is 11.5 Å². The second-order valence-electron chi connectivity index (χ2n) is 5.20. The maximum Gasteiger partial charge on any atom is 0.338 e. The zero-order valence-corrected chi connectivity index (χ0v) is 13.5. The highest BCUT2D eigenvalue weighted by Crippen LogP contribution is 2.15. The molecule has 2 aromatic carbocycles. The van der Waals surface area contributed by atoms with E-state index in [1.807, 2.05) is 42.5 Å². The van der Waals surface area contributed by atoms with Gasteiger partial charge in [0.1, 0.15) is 12.4 Å². The highest BCUT2D eigenvalue weighted by atomic mass is 16.5. The highest BCUT2D eigenvalue weighted by Gasteiger charge is 2.08. The van der Waals surface area contributed by atoms with Gasteiger partial charge in [0.15, 0.2) is 5.78 Å². The summed E-state index contributed by atoms with van der Waals surface area (Å²) in [6.45, 7) is 2.65. The number of benzene rings is 2. The van der Waals surface area contributed by atoms with Gasteiger partial charge in [-0.25, -0.2) is 0 Å². The monoisotopic (exact) mass is 327 g/mol. The van der Waals surface area contributed by atoms with Gasteiger partial charge in [-0.05, 0) is 24.3 Å². The molecule has 0 fully saturated rings. The standard InChI is InChI=1S/C18H22N4O2/c19-18(20)22-11-10-21-12-13-24-16-8-6-15(7-9-16)17(23)14-4-2-1-3-5-14/h1-9,21H,10-13H2,(H4,19,20,22)/p+1. The Morgan fingerprint density at radius 1 is 0.958 bits per heavy atom.